The highest BCUT2D eigenvalue weighted by Crippen LogP contribution is 2.33. The van der Waals surface area contributed by atoms with Crippen LogP contribution in [0.1, 0.15) is 52.1 Å². The molecule has 1 aliphatic heterocycles. The lowest BCUT2D eigenvalue weighted by Gasteiger charge is -2.38. The second-order valence-corrected chi connectivity index (χ2v) is 7.89. The molecule has 1 saturated heterocycles. The Bertz CT molecular complexity index is 569. The molecule has 24 heavy (non-hydrogen) atoms. The number of benzene rings is 1. The third kappa shape index (κ3) is 4.69. The maximum atomic E-state index is 13.6. The number of rotatable bonds is 3. The first-order valence-corrected chi connectivity index (χ1v) is 8.67. The molecule has 1 aromatic rings. The second-order valence-electron chi connectivity index (χ2n) is 7.89. The van der Waals surface area contributed by atoms with E-state index in [0.29, 0.717) is 13.1 Å². The van der Waals surface area contributed by atoms with Gasteiger partial charge in [-0.2, -0.15) is 0 Å². The van der Waals surface area contributed by atoms with E-state index in [1.165, 1.54) is 12.1 Å². The topological polar surface area (TPSA) is 52.6 Å². The molecular formula is C19H29FN2O2. The highest BCUT2D eigenvalue weighted by molar-refractivity contribution is 5.75. The van der Waals surface area contributed by atoms with E-state index in [9.17, 15) is 14.3 Å². The standard InChI is InChI=1S/C19H29FN2O2/c1-13(23)15-8-6-10-22(12-15)18(24)21-17(19(2,3)4)14-7-5-9-16(20)11-14/h5,7,9,11,13,15,17,23H,6,8,10,12H2,1-4H3,(H,21,24). The van der Waals surface area contributed by atoms with Crippen LogP contribution in [0.5, 0.6) is 0 Å². The van der Waals surface area contributed by atoms with Crippen LogP contribution in [0.4, 0.5) is 9.18 Å². The predicted octanol–water partition coefficient (Wildman–Crippen LogP) is 3.72. The molecule has 0 radical (unpaired) electrons. The highest BCUT2D eigenvalue weighted by atomic mass is 19.1. The summed E-state index contributed by atoms with van der Waals surface area (Å²) in [5.41, 5.74) is 0.517. The van der Waals surface area contributed by atoms with E-state index in [1.807, 2.05) is 26.8 Å². The zero-order chi connectivity index (χ0) is 17.9. The molecule has 1 aromatic carbocycles. The minimum absolute atomic E-state index is 0.117. The van der Waals surface area contributed by atoms with Gasteiger partial charge in [-0.25, -0.2) is 9.18 Å². The smallest absolute Gasteiger partial charge is 0.317 e. The number of likely N-dealkylation sites (tertiary alicyclic amines) is 1. The summed E-state index contributed by atoms with van der Waals surface area (Å²) in [4.78, 5) is 14.5. The number of carbonyl (C=O) groups is 1. The van der Waals surface area contributed by atoms with Crippen LogP contribution in [0.2, 0.25) is 0 Å². The van der Waals surface area contributed by atoms with E-state index in [2.05, 4.69) is 5.32 Å². The van der Waals surface area contributed by atoms with Crippen LogP contribution in [0.3, 0.4) is 0 Å². The van der Waals surface area contributed by atoms with Crippen molar-refractivity contribution >= 4 is 6.03 Å². The highest BCUT2D eigenvalue weighted by Gasteiger charge is 2.32. The summed E-state index contributed by atoms with van der Waals surface area (Å²) in [5.74, 6) is -0.185. The van der Waals surface area contributed by atoms with Gasteiger partial charge in [0.15, 0.2) is 0 Å². The Morgan fingerprint density at radius 2 is 2.12 bits per heavy atom. The number of halogens is 1. The van der Waals surface area contributed by atoms with Crippen LogP contribution < -0.4 is 5.32 Å². The molecule has 3 unspecified atom stereocenters. The van der Waals surface area contributed by atoms with Crippen molar-refractivity contribution in [2.45, 2.75) is 52.7 Å². The maximum absolute atomic E-state index is 13.6. The first-order chi connectivity index (χ1) is 11.2. The van der Waals surface area contributed by atoms with Crippen LogP contribution >= 0.6 is 0 Å². The molecule has 0 aromatic heterocycles. The van der Waals surface area contributed by atoms with Crippen LogP contribution in [0, 0.1) is 17.2 Å². The van der Waals surface area contributed by atoms with Gasteiger partial charge in [-0.3, -0.25) is 0 Å². The molecule has 5 heteroatoms. The van der Waals surface area contributed by atoms with Crippen molar-refractivity contribution in [3.63, 3.8) is 0 Å². The lowest BCUT2D eigenvalue weighted by atomic mass is 9.82. The van der Waals surface area contributed by atoms with Gasteiger partial charge in [-0.05, 0) is 42.9 Å². The van der Waals surface area contributed by atoms with E-state index in [4.69, 9.17) is 0 Å². The number of hydrogen-bond acceptors (Lipinski definition) is 2. The van der Waals surface area contributed by atoms with Crippen molar-refractivity contribution in [3.05, 3.63) is 35.6 Å². The number of piperidine rings is 1. The molecule has 2 rings (SSSR count). The van der Waals surface area contributed by atoms with Gasteiger partial charge in [0, 0.05) is 19.0 Å². The molecule has 0 bridgehead atoms. The van der Waals surface area contributed by atoms with Gasteiger partial charge in [-0.15, -0.1) is 0 Å². The van der Waals surface area contributed by atoms with Gasteiger partial charge in [0.25, 0.3) is 0 Å². The van der Waals surface area contributed by atoms with Crippen LogP contribution in [-0.4, -0.2) is 35.2 Å². The molecule has 3 atom stereocenters. The summed E-state index contributed by atoms with van der Waals surface area (Å²) >= 11 is 0. The summed E-state index contributed by atoms with van der Waals surface area (Å²) in [5, 5.41) is 12.9. The molecule has 0 aliphatic carbocycles. The Morgan fingerprint density at radius 1 is 1.42 bits per heavy atom. The Balaban J connectivity index is 2.13. The third-order valence-electron chi connectivity index (χ3n) is 4.74. The van der Waals surface area contributed by atoms with Crippen LogP contribution in [0.15, 0.2) is 24.3 Å². The van der Waals surface area contributed by atoms with E-state index in [-0.39, 0.29) is 29.2 Å². The first kappa shape index (κ1) is 18.7. The second kappa shape index (κ2) is 7.51. The molecule has 0 saturated carbocycles. The fourth-order valence-electron chi connectivity index (χ4n) is 3.29. The molecule has 134 valence electrons. The summed E-state index contributed by atoms with van der Waals surface area (Å²) in [6.45, 7) is 9.10. The maximum Gasteiger partial charge on any atom is 0.317 e. The summed E-state index contributed by atoms with van der Waals surface area (Å²) in [6.07, 6.45) is 1.42. The average Bonchev–Trinajstić information content (AvgIpc) is 2.51. The fraction of sp³-hybridized carbons (Fsp3) is 0.632. The van der Waals surface area contributed by atoms with Crippen molar-refractivity contribution in [2.24, 2.45) is 11.3 Å². The van der Waals surface area contributed by atoms with Crippen molar-refractivity contribution in [1.29, 1.82) is 0 Å². The molecule has 1 fully saturated rings. The zero-order valence-corrected chi connectivity index (χ0v) is 15.1. The number of urea groups is 1. The summed E-state index contributed by atoms with van der Waals surface area (Å²) in [7, 11) is 0. The number of carbonyl (C=O) groups excluding carboxylic acids is 1. The number of nitrogens with zero attached hydrogens (tertiary/aromatic N) is 1. The van der Waals surface area contributed by atoms with Crippen LogP contribution in [0.25, 0.3) is 0 Å². The monoisotopic (exact) mass is 336 g/mol. The van der Waals surface area contributed by atoms with Crippen LogP contribution in [-0.2, 0) is 0 Å². The molecule has 2 N–H and O–H groups in total. The third-order valence-corrected chi connectivity index (χ3v) is 4.74. The predicted molar refractivity (Wildman–Crippen MR) is 93.1 cm³/mol. The van der Waals surface area contributed by atoms with Gasteiger partial charge in [0.05, 0.1) is 12.1 Å². The van der Waals surface area contributed by atoms with E-state index >= 15 is 0 Å². The Hall–Kier alpha value is -1.62. The van der Waals surface area contributed by atoms with Crippen molar-refractivity contribution in [1.82, 2.24) is 10.2 Å². The summed E-state index contributed by atoms with van der Waals surface area (Å²) in [6, 6.07) is 5.96. The van der Waals surface area contributed by atoms with E-state index in [1.54, 1.807) is 17.9 Å². The number of nitrogens with one attached hydrogen (secondary N) is 1. The normalized spacial score (nSPS) is 21.2. The summed E-state index contributed by atoms with van der Waals surface area (Å²) < 4.78 is 13.6. The lowest BCUT2D eigenvalue weighted by molar-refractivity contribution is 0.0719. The number of aliphatic hydroxyl groups excluding tert-OH is 1. The largest absolute Gasteiger partial charge is 0.393 e. The average molecular weight is 336 g/mol. The molecule has 1 aliphatic rings. The van der Waals surface area contributed by atoms with Gasteiger partial charge in [-0.1, -0.05) is 32.9 Å². The van der Waals surface area contributed by atoms with Gasteiger partial charge in [0.1, 0.15) is 5.82 Å². The zero-order valence-electron chi connectivity index (χ0n) is 15.1. The Kier molecular flexibility index (Phi) is 5.86. The number of aliphatic hydroxyl groups is 1. The fourth-order valence-corrected chi connectivity index (χ4v) is 3.29. The first-order valence-electron chi connectivity index (χ1n) is 8.67. The van der Waals surface area contributed by atoms with E-state index < -0.39 is 6.10 Å². The Morgan fingerprint density at radius 3 is 2.71 bits per heavy atom. The van der Waals surface area contributed by atoms with Gasteiger partial charge >= 0.3 is 6.03 Å². The molecule has 1 heterocycles. The molecule has 4 nitrogen and oxygen atoms in total. The van der Waals surface area contributed by atoms with E-state index in [0.717, 1.165) is 18.4 Å². The SMILES string of the molecule is CC(O)C1CCCN(C(=O)NC(c2cccc(F)c2)C(C)(C)C)C1. The van der Waals surface area contributed by atoms with Crippen molar-refractivity contribution in [3.8, 4) is 0 Å². The molecule has 0 spiro atoms. The number of amides is 2. The minimum atomic E-state index is -0.415. The number of hydrogen-bond donors (Lipinski definition) is 2. The van der Waals surface area contributed by atoms with Crippen molar-refractivity contribution < 1.29 is 14.3 Å². The lowest BCUT2D eigenvalue weighted by Crippen LogP contribution is -2.49. The Labute approximate surface area is 144 Å². The van der Waals surface area contributed by atoms with Gasteiger partial charge < -0.3 is 15.3 Å². The molecular weight excluding hydrogens is 307 g/mol. The quantitative estimate of drug-likeness (QED) is 0.884. The van der Waals surface area contributed by atoms with Crippen molar-refractivity contribution in [2.75, 3.05) is 13.1 Å². The minimum Gasteiger partial charge on any atom is -0.393 e. The van der Waals surface area contributed by atoms with Gasteiger partial charge in [0.2, 0.25) is 0 Å². The molecule has 2 amide bonds.